The van der Waals surface area contributed by atoms with Crippen LogP contribution in [-0.2, 0) is 0 Å². The number of hydrogen-bond acceptors (Lipinski definition) is 2. The quantitative estimate of drug-likeness (QED) is 0.425. The minimum atomic E-state index is 0.326. The fraction of sp³-hybridized carbons (Fsp3) is 0. The lowest BCUT2D eigenvalue weighted by Gasteiger charge is -2.10. The Labute approximate surface area is 93.0 Å². The van der Waals surface area contributed by atoms with Gasteiger partial charge in [-0.15, -0.1) is 6.42 Å². The van der Waals surface area contributed by atoms with Crippen LogP contribution in [0.4, 0.5) is 0 Å². The molecule has 0 aromatic carbocycles. The number of hydrogen-bond donors (Lipinski definition) is 0. The van der Waals surface area contributed by atoms with E-state index in [-0.39, 0.29) is 0 Å². The Morgan fingerprint density at radius 1 is 1.13 bits per heavy atom. The van der Waals surface area contributed by atoms with Crippen molar-refractivity contribution in [3.8, 4) is 23.5 Å². The highest BCUT2D eigenvalue weighted by atomic mass is 35.5. The molecule has 0 saturated heterocycles. The molecule has 0 unspecified atom stereocenters. The predicted octanol–water partition coefficient (Wildman–Crippen LogP) is 2.78. The zero-order valence-corrected chi connectivity index (χ0v) is 8.57. The molecule has 2 nitrogen and oxygen atoms in total. The Morgan fingerprint density at radius 2 is 1.73 bits per heavy atom. The van der Waals surface area contributed by atoms with Crippen LogP contribution in [0.2, 0.25) is 5.15 Å². The fourth-order valence-corrected chi connectivity index (χ4v) is 1.22. The Bertz CT molecular complexity index is 491. The van der Waals surface area contributed by atoms with Gasteiger partial charge in [-0.3, -0.25) is 0 Å². The number of benzene rings is 1. The van der Waals surface area contributed by atoms with Crippen molar-refractivity contribution in [1.29, 1.82) is 0 Å². The first-order valence-electron chi connectivity index (χ1n) is 4.34. The van der Waals surface area contributed by atoms with Crippen LogP contribution in [0.15, 0.2) is 36.8 Å². The summed E-state index contributed by atoms with van der Waals surface area (Å²) in [6, 6.07) is 8.48. The van der Waals surface area contributed by atoms with Gasteiger partial charge in [-0.1, -0.05) is 41.8 Å². The molecule has 0 bridgehead atoms. The Hall–Kier alpha value is -1.85. The molecule has 0 atom stereocenters. The van der Waals surface area contributed by atoms with Crippen LogP contribution in [-0.4, -0.2) is 9.97 Å². The normalized spacial score (nSPS) is 9.60. The smallest absolute Gasteiger partial charge is 0.148 e. The summed E-state index contributed by atoms with van der Waals surface area (Å²) in [6.07, 6.45) is 7.88. The zero-order chi connectivity index (χ0) is 10.7. The molecule has 0 radical (unpaired) electrons. The molecule has 0 N–H and O–H groups in total. The number of terminal acetylenes is 1. The first-order chi connectivity index (χ1) is 7.31. The van der Waals surface area contributed by atoms with Gasteiger partial charge in [0, 0.05) is 6.20 Å². The predicted molar refractivity (Wildman–Crippen MR) is 60.4 cm³/mol. The summed E-state index contributed by atoms with van der Waals surface area (Å²) < 4.78 is 0. The summed E-state index contributed by atoms with van der Waals surface area (Å²) in [5.41, 5.74) is 3.38. The Kier molecular flexibility index (Phi) is 2.66. The van der Waals surface area contributed by atoms with Gasteiger partial charge >= 0.3 is 0 Å². The molecule has 0 fully saturated rings. The summed E-state index contributed by atoms with van der Waals surface area (Å²) in [7, 11) is 0. The van der Waals surface area contributed by atoms with Gasteiger partial charge in [0.2, 0.25) is 0 Å². The van der Waals surface area contributed by atoms with Crippen molar-refractivity contribution in [2.45, 2.75) is 0 Å². The number of aromatic nitrogens is 2. The summed E-state index contributed by atoms with van der Waals surface area (Å²) in [5.74, 6) is 2.34. The van der Waals surface area contributed by atoms with E-state index in [0.717, 1.165) is 0 Å². The van der Waals surface area contributed by atoms with Crippen molar-refractivity contribution in [2.75, 3.05) is 0 Å². The van der Waals surface area contributed by atoms with Crippen molar-refractivity contribution >= 4 is 11.6 Å². The van der Waals surface area contributed by atoms with Crippen LogP contribution in [0, 0.1) is 12.3 Å². The second-order valence-corrected chi connectivity index (χ2v) is 3.31. The van der Waals surface area contributed by atoms with Crippen molar-refractivity contribution in [3.63, 3.8) is 0 Å². The van der Waals surface area contributed by atoms with Gasteiger partial charge in [0.25, 0.3) is 0 Å². The third-order valence-corrected chi connectivity index (χ3v) is 2.34. The molecule has 0 saturated carbocycles. The average molecular weight is 215 g/mol. The van der Waals surface area contributed by atoms with Crippen LogP contribution < -0.4 is 0 Å². The molecule has 0 spiro atoms. The summed E-state index contributed by atoms with van der Waals surface area (Å²) in [4.78, 5) is 7.34. The molecule has 0 amide bonds. The first-order valence-corrected chi connectivity index (χ1v) is 4.71. The van der Waals surface area contributed by atoms with Gasteiger partial charge in [-0.2, -0.15) is 0 Å². The standard InChI is InChI=1S/C6H3ClN2.C6H4/c1-2-5-3-8-4-9-6(5)7;1-2-6-4-3-5(1)6/h1,3-4H;1-4H. The molecular weight excluding hydrogens is 208 g/mol. The SMILES string of the molecule is C#Cc1cncnc1Cl.c1cc2ccc1-2. The molecule has 1 aromatic rings. The van der Waals surface area contributed by atoms with E-state index >= 15 is 0 Å². The maximum atomic E-state index is 5.53. The molecule has 2 aliphatic carbocycles. The Balaban J connectivity index is 0.000000121. The number of halogens is 1. The van der Waals surface area contributed by atoms with Crippen LogP contribution in [0.3, 0.4) is 0 Å². The molecule has 3 rings (SSSR count). The van der Waals surface area contributed by atoms with E-state index in [4.69, 9.17) is 18.0 Å². The largest absolute Gasteiger partial charge is 0.243 e. The van der Waals surface area contributed by atoms with Gasteiger partial charge in [0.05, 0.1) is 5.56 Å². The lowest BCUT2D eigenvalue weighted by molar-refractivity contribution is 1.16. The zero-order valence-electron chi connectivity index (χ0n) is 7.81. The molecule has 2 aliphatic rings. The van der Waals surface area contributed by atoms with Crippen LogP contribution in [0.5, 0.6) is 0 Å². The molecular formula is C12H7ClN2. The van der Waals surface area contributed by atoms with E-state index in [1.165, 1.54) is 23.7 Å². The van der Waals surface area contributed by atoms with Gasteiger partial charge < -0.3 is 0 Å². The highest BCUT2D eigenvalue weighted by molar-refractivity contribution is 6.30. The third-order valence-electron chi connectivity index (χ3n) is 2.04. The number of nitrogens with zero attached hydrogens (tertiary/aromatic N) is 2. The van der Waals surface area contributed by atoms with E-state index in [9.17, 15) is 0 Å². The highest BCUT2D eigenvalue weighted by Crippen LogP contribution is 2.29. The monoisotopic (exact) mass is 214 g/mol. The molecule has 1 aromatic heterocycles. The lowest BCUT2D eigenvalue weighted by Crippen LogP contribution is -1.85. The number of fused-ring (bicyclic) bond motifs is 1. The third kappa shape index (κ3) is 1.98. The molecule has 15 heavy (non-hydrogen) atoms. The Morgan fingerprint density at radius 3 is 2.00 bits per heavy atom. The summed E-state index contributed by atoms with van der Waals surface area (Å²) in [6.45, 7) is 0. The maximum Gasteiger partial charge on any atom is 0.148 e. The van der Waals surface area contributed by atoms with Crippen LogP contribution >= 0.6 is 11.6 Å². The average Bonchev–Trinajstić information content (AvgIpc) is 2.25. The summed E-state index contributed by atoms with van der Waals surface area (Å²) >= 11 is 5.53. The second kappa shape index (κ2) is 4.12. The van der Waals surface area contributed by atoms with E-state index in [2.05, 4.69) is 40.2 Å². The topological polar surface area (TPSA) is 25.8 Å². The molecule has 3 heteroatoms. The molecule has 0 aliphatic heterocycles. The van der Waals surface area contributed by atoms with Gasteiger partial charge in [-0.05, 0) is 11.1 Å². The molecule has 72 valence electrons. The minimum absolute atomic E-state index is 0.326. The van der Waals surface area contributed by atoms with E-state index in [0.29, 0.717) is 10.7 Å². The van der Waals surface area contributed by atoms with E-state index < -0.39 is 0 Å². The first kappa shape index (κ1) is 9.70. The van der Waals surface area contributed by atoms with Gasteiger partial charge in [-0.25, -0.2) is 9.97 Å². The maximum absolute atomic E-state index is 5.53. The minimum Gasteiger partial charge on any atom is -0.243 e. The van der Waals surface area contributed by atoms with Crippen molar-refractivity contribution < 1.29 is 0 Å². The number of rotatable bonds is 0. The van der Waals surface area contributed by atoms with Gasteiger partial charge in [0.15, 0.2) is 0 Å². The highest BCUT2D eigenvalue weighted by Gasteiger charge is 2.03. The van der Waals surface area contributed by atoms with E-state index in [1.54, 1.807) is 0 Å². The van der Waals surface area contributed by atoms with E-state index in [1.807, 2.05) is 0 Å². The van der Waals surface area contributed by atoms with Crippen LogP contribution in [0.1, 0.15) is 5.56 Å². The van der Waals surface area contributed by atoms with Crippen molar-refractivity contribution in [3.05, 3.63) is 47.5 Å². The second-order valence-electron chi connectivity index (χ2n) is 2.95. The van der Waals surface area contributed by atoms with Crippen molar-refractivity contribution in [2.24, 2.45) is 0 Å². The lowest BCUT2D eigenvalue weighted by atomic mass is 9.95. The van der Waals surface area contributed by atoms with Crippen molar-refractivity contribution in [1.82, 2.24) is 9.97 Å². The summed E-state index contributed by atoms with van der Waals surface area (Å²) in [5, 5.41) is 0.326. The van der Waals surface area contributed by atoms with Crippen LogP contribution in [0.25, 0.3) is 11.1 Å². The van der Waals surface area contributed by atoms with Gasteiger partial charge in [0.1, 0.15) is 11.5 Å². The molecule has 1 heterocycles. The fourth-order valence-electron chi connectivity index (χ4n) is 1.07.